The minimum Gasteiger partial charge on any atom is -0.477 e. The lowest BCUT2D eigenvalue weighted by Gasteiger charge is -2.46. The third kappa shape index (κ3) is 3.81. The molecule has 6 atom stereocenters. The van der Waals surface area contributed by atoms with Crippen LogP contribution >= 0.6 is 11.8 Å². The quantitative estimate of drug-likeness (QED) is 0.295. The number of aliphatic carboxylic acids is 1. The van der Waals surface area contributed by atoms with Crippen molar-refractivity contribution in [3.8, 4) is 0 Å². The lowest BCUT2D eigenvalue weighted by molar-refractivity contribution is -0.163. The molecule has 0 aromatic carbocycles. The van der Waals surface area contributed by atoms with Crippen LogP contribution < -0.4 is 14.8 Å². The van der Waals surface area contributed by atoms with Crippen LogP contribution in [-0.2, 0) is 19.8 Å². The van der Waals surface area contributed by atoms with Crippen molar-refractivity contribution in [2.24, 2.45) is 11.8 Å². The van der Waals surface area contributed by atoms with Crippen molar-refractivity contribution >= 4 is 33.8 Å². The highest BCUT2D eigenvalue weighted by Crippen LogP contribution is 2.51. The molecule has 3 aliphatic heterocycles. The summed E-state index contributed by atoms with van der Waals surface area (Å²) in [6.45, 7) is 4.28. The zero-order valence-electron chi connectivity index (χ0n) is 15.9. The van der Waals surface area contributed by atoms with Gasteiger partial charge in [0.15, 0.2) is 0 Å². The van der Waals surface area contributed by atoms with E-state index >= 15 is 0 Å². The first-order valence-electron chi connectivity index (χ1n) is 9.14. The van der Waals surface area contributed by atoms with E-state index in [2.05, 4.69) is 14.8 Å². The maximum absolute atomic E-state index is 12.4. The van der Waals surface area contributed by atoms with E-state index in [0.717, 1.165) is 0 Å². The van der Waals surface area contributed by atoms with Crippen LogP contribution in [0.5, 0.6) is 0 Å². The number of hydrogen-bond donors (Lipinski definition) is 5. The van der Waals surface area contributed by atoms with Crippen LogP contribution in [0.1, 0.15) is 20.3 Å². The average molecular weight is 435 g/mol. The maximum Gasteiger partial charge on any atom is 0.353 e. The van der Waals surface area contributed by atoms with Gasteiger partial charge < -0.3 is 20.4 Å². The van der Waals surface area contributed by atoms with Gasteiger partial charge in [-0.1, -0.05) is 6.92 Å². The highest BCUT2D eigenvalue weighted by Gasteiger charge is 2.60. The fourth-order valence-electron chi connectivity index (χ4n) is 4.17. The molecule has 10 nitrogen and oxygen atoms in total. The van der Waals surface area contributed by atoms with Crippen LogP contribution in [0.25, 0.3) is 0 Å². The van der Waals surface area contributed by atoms with E-state index < -0.39 is 28.2 Å². The normalized spacial score (nSPS) is 33.8. The van der Waals surface area contributed by atoms with E-state index in [1.54, 1.807) is 6.92 Å². The van der Waals surface area contributed by atoms with Crippen molar-refractivity contribution in [1.29, 1.82) is 0 Å². The number of carbonyl (C=O) groups excluding carboxylic acids is 1. The molecule has 28 heavy (non-hydrogen) atoms. The highest BCUT2D eigenvalue weighted by atomic mass is 32.2. The van der Waals surface area contributed by atoms with Crippen LogP contribution in [0.2, 0.25) is 0 Å². The molecule has 0 saturated carbocycles. The second-order valence-corrected chi connectivity index (χ2v) is 10.5. The SMILES string of the molecule is CNS(=O)(=O)NC[C@@H]1C[C@H](SC2=C(C(=O)O)N3C(=O)[C@H]([C@@H](C)O)[C@H]3[C@H]2C)CN1. The predicted octanol–water partition coefficient (Wildman–Crippen LogP) is -1.34. The molecular weight excluding hydrogens is 408 g/mol. The van der Waals surface area contributed by atoms with Crippen molar-refractivity contribution in [2.75, 3.05) is 20.1 Å². The molecule has 0 aromatic heterocycles. The largest absolute Gasteiger partial charge is 0.477 e. The number of β-lactam (4-membered cyclic amide) rings is 1. The number of amides is 1. The third-order valence-electron chi connectivity index (χ3n) is 5.57. The summed E-state index contributed by atoms with van der Waals surface area (Å²) in [7, 11) is -2.17. The number of rotatable bonds is 8. The van der Waals surface area contributed by atoms with Crippen LogP contribution in [0.4, 0.5) is 0 Å². The molecule has 0 radical (unpaired) electrons. The summed E-state index contributed by atoms with van der Waals surface area (Å²) in [5, 5.41) is 22.9. The minimum atomic E-state index is -3.50. The molecule has 3 heterocycles. The van der Waals surface area contributed by atoms with Gasteiger partial charge in [-0.3, -0.25) is 4.79 Å². The minimum absolute atomic E-state index is 0.0173. The Morgan fingerprint density at radius 1 is 1.46 bits per heavy atom. The molecular formula is C16H26N4O6S2. The van der Waals surface area contributed by atoms with Gasteiger partial charge in [-0.2, -0.15) is 8.42 Å². The zero-order valence-corrected chi connectivity index (χ0v) is 17.5. The van der Waals surface area contributed by atoms with Crippen molar-refractivity contribution in [2.45, 2.75) is 43.7 Å². The molecule has 2 saturated heterocycles. The average Bonchev–Trinajstić information content (AvgIpc) is 3.15. The fourth-order valence-corrected chi connectivity index (χ4v) is 6.25. The number of nitrogens with one attached hydrogen (secondary N) is 3. The lowest BCUT2D eigenvalue weighted by Crippen LogP contribution is -2.63. The summed E-state index contributed by atoms with van der Waals surface area (Å²) in [5.41, 5.74) is 0.0173. The van der Waals surface area contributed by atoms with Gasteiger partial charge in [0, 0.05) is 42.3 Å². The van der Waals surface area contributed by atoms with Gasteiger partial charge >= 0.3 is 5.97 Å². The van der Waals surface area contributed by atoms with Gasteiger partial charge in [0.2, 0.25) is 5.91 Å². The topological polar surface area (TPSA) is 148 Å². The zero-order chi connectivity index (χ0) is 20.8. The molecule has 3 rings (SSSR count). The maximum atomic E-state index is 12.4. The Morgan fingerprint density at radius 3 is 2.71 bits per heavy atom. The van der Waals surface area contributed by atoms with E-state index in [9.17, 15) is 28.2 Å². The summed E-state index contributed by atoms with van der Waals surface area (Å²) in [6, 6.07) is -0.385. The van der Waals surface area contributed by atoms with E-state index in [4.69, 9.17) is 0 Å². The molecule has 0 spiro atoms. The number of hydrogen-bond acceptors (Lipinski definition) is 7. The molecule has 0 bridgehead atoms. The Labute approximate surface area is 168 Å². The third-order valence-corrected chi connectivity index (χ3v) is 8.17. The highest BCUT2D eigenvalue weighted by molar-refractivity contribution is 8.03. The molecule has 5 N–H and O–H groups in total. The Bertz CT molecular complexity index is 799. The fraction of sp³-hybridized carbons (Fsp3) is 0.750. The molecule has 0 aromatic rings. The van der Waals surface area contributed by atoms with E-state index in [-0.39, 0.29) is 41.4 Å². The first-order valence-corrected chi connectivity index (χ1v) is 11.5. The van der Waals surface area contributed by atoms with Gasteiger partial charge in [0.25, 0.3) is 10.2 Å². The number of aliphatic hydroxyl groups excluding tert-OH is 1. The Balaban J connectivity index is 1.68. The molecule has 0 unspecified atom stereocenters. The first kappa shape index (κ1) is 21.5. The number of carboxylic acid groups (broad SMARTS) is 1. The van der Waals surface area contributed by atoms with Crippen molar-refractivity contribution in [1.82, 2.24) is 19.7 Å². The summed E-state index contributed by atoms with van der Waals surface area (Å²) in [6.07, 6.45) is -0.160. The summed E-state index contributed by atoms with van der Waals surface area (Å²) >= 11 is 1.43. The molecule has 3 aliphatic rings. The number of aliphatic hydroxyl groups is 1. The Kier molecular flexibility index (Phi) is 6.09. The Hall–Kier alpha value is -1.18. The van der Waals surface area contributed by atoms with Gasteiger partial charge in [-0.15, -0.1) is 11.8 Å². The molecule has 12 heteroatoms. The van der Waals surface area contributed by atoms with Gasteiger partial charge in [-0.05, 0) is 13.3 Å². The van der Waals surface area contributed by atoms with Gasteiger partial charge in [-0.25, -0.2) is 14.2 Å². The number of nitrogens with zero attached hydrogens (tertiary/aromatic N) is 1. The van der Waals surface area contributed by atoms with Gasteiger partial charge in [0.05, 0.1) is 18.1 Å². The predicted molar refractivity (Wildman–Crippen MR) is 103 cm³/mol. The molecule has 0 aliphatic carbocycles. The Morgan fingerprint density at radius 2 is 2.14 bits per heavy atom. The van der Waals surface area contributed by atoms with Crippen LogP contribution in [-0.4, -0.2) is 79.0 Å². The van der Waals surface area contributed by atoms with Crippen molar-refractivity contribution in [3.05, 3.63) is 10.6 Å². The smallest absolute Gasteiger partial charge is 0.353 e. The standard InChI is InChI=1S/C16H26N4O6S2/c1-7-12-11(8(2)21)15(22)20(12)13(16(23)24)14(7)27-10-4-9(18-6-10)5-19-28(25,26)17-3/h7-12,17-19,21H,4-6H2,1-3H3,(H,23,24)/t7-,8-,9+,10+,11-,12-/m1/s1. The number of fused-ring (bicyclic) bond motifs is 1. The van der Waals surface area contributed by atoms with Gasteiger partial charge in [0.1, 0.15) is 5.70 Å². The van der Waals surface area contributed by atoms with Crippen molar-refractivity contribution < 1.29 is 28.2 Å². The molecule has 158 valence electrons. The summed E-state index contributed by atoms with van der Waals surface area (Å²) in [5.74, 6) is -2.23. The molecule has 1 amide bonds. The van der Waals surface area contributed by atoms with Crippen molar-refractivity contribution in [3.63, 3.8) is 0 Å². The monoisotopic (exact) mass is 434 g/mol. The molecule has 2 fully saturated rings. The van der Waals surface area contributed by atoms with Crippen LogP contribution in [0, 0.1) is 11.8 Å². The number of thioether (sulfide) groups is 1. The van der Waals surface area contributed by atoms with E-state index in [0.29, 0.717) is 17.9 Å². The lowest BCUT2D eigenvalue weighted by atomic mass is 9.79. The first-order chi connectivity index (χ1) is 13.1. The second kappa shape index (κ2) is 7.92. The summed E-state index contributed by atoms with van der Waals surface area (Å²) in [4.78, 5) is 26.2. The van der Waals surface area contributed by atoms with E-state index in [1.165, 1.54) is 23.7 Å². The number of carbonyl (C=O) groups is 2. The van der Waals surface area contributed by atoms with E-state index in [1.807, 2.05) is 6.92 Å². The van der Waals surface area contributed by atoms with Crippen LogP contribution in [0.15, 0.2) is 10.6 Å². The number of carboxylic acids is 1. The summed E-state index contributed by atoms with van der Waals surface area (Å²) < 4.78 is 27.6. The second-order valence-electron chi connectivity index (χ2n) is 7.41. The van der Waals surface area contributed by atoms with Crippen LogP contribution in [0.3, 0.4) is 0 Å².